The Kier molecular flexibility index (Phi) is 4.23. The summed E-state index contributed by atoms with van der Waals surface area (Å²) in [5.41, 5.74) is 3.56. The Labute approximate surface area is 141 Å². The number of morpholine rings is 1. The molecule has 2 aromatic heterocycles. The van der Waals surface area contributed by atoms with Crippen LogP contribution in [0.2, 0.25) is 0 Å². The number of ether oxygens (including phenoxy) is 1. The molecule has 4 rings (SSSR count). The Bertz CT molecular complexity index is 817. The molecule has 1 aliphatic heterocycles. The Morgan fingerprint density at radius 3 is 3.12 bits per heavy atom. The molecule has 0 amide bonds. The van der Waals surface area contributed by atoms with E-state index >= 15 is 0 Å². The summed E-state index contributed by atoms with van der Waals surface area (Å²) in [7, 11) is 0. The molecule has 0 bridgehead atoms. The minimum atomic E-state index is 0.149. The zero-order chi connectivity index (χ0) is 16.4. The van der Waals surface area contributed by atoms with E-state index in [-0.39, 0.29) is 6.10 Å². The molecular formula is C18H21N5O. The Morgan fingerprint density at radius 1 is 1.29 bits per heavy atom. The van der Waals surface area contributed by atoms with Crippen molar-refractivity contribution >= 4 is 10.9 Å². The maximum atomic E-state index is 5.86. The van der Waals surface area contributed by atoms with Crippen LogP contribution in [0, 0.1) is 6.92 Å². The number of pyridine rings is 1. The lowest BCUT2D eigenvalue weighted by Crippen LogP contribution is -2.43. The lowest BCUT2D eigenvalue weighted by atomic mass is 10.1. The average Bonchev–Trinajstić information content (AvgIpc) is 3.08. The van der Waals surface area contributed by atoms with Crippen LogP contribution in [0.15, 0.2) is 42.9 Å². The summed E-state index contributed by atoms with van der Waals surface area (Å²) in [6.07, 6.45) is 5.71. The zero-order valence-electron chi connectivity index (χ0n) is 13.8. The van der Waals surface area contributed by atoms with Crippen LogP contribution in [-0.2, 0) is 17.8 Å². The van der Waals surface area contributed by atoms with Gasteiger partial charge < -0.3 is 4.74 Å². The van der Waals surface area contributed by atoms with Gasteiger partial charge in [0.1, 0.15) is 0 Å². The van der Waals surface area contributed by atoms with Crippen LogP contribution in [0.3, 0.4) is 0 Å². The smallest absolute Gasteiger partial charge is 0.0898 e. The Hall–Kier alpha value is -2.31. The fourth-order valence-corrected chi connectivity index (χ4v) is 3.21. The lowest BCUT2D eigenvalue weighted by Gasteiger charge is -2.32. The maximum Gasteiger partial charge on any atom is 0.0898 e. The van der Waals surface area contributed by atoms with Crippen molar-refractivity contribution in [2.45, 2.75) is 26.1 Å². The summed E-state index contributed by atoms with van der Waals surface area (Å²) in [5.74, 6) is 0. The molecule has 0 saturated carbocycles. The number of aromatic nitrogens is 4. The minimum absolute atomic E-state index is 0.149. The van der Waals surface area contributed by atoms with Crippen molar-refractivity contribution in [3.05, 3.63) is 54.0 Å². The van der Waals surface area contributed by atoms with Crippen LogP contribution >= 0.6 is 0 Å². The second-order valence-electron chi connectivity index (χ2n) is 6.39. The maximum absolute atomic E-state index is 5.86. The van der Waals surface area contributed by atoms with Crippen molar-refractivity contribution in [1.29, 1.82) is 0 Å². The molecule has 1 saturated heterocycles. The molecule has 0 aliphatic carbocycles. The standard InChI is InChI=1S/C18H21N5O/c1-14-2-3-18-16(8-14)9-15(10-19-18)11-22-6-7-24-17(12-22)13-23-5-4-20-21-23/h2-5,8-10,17H,6-7,11-13H2,1H3. The molecule has 6 heteroatoms. The molecule has 0 spiro atoms. The topological polar surface area (TPSA) is 56.1 Å². The third-order valence-corrected chi connectivity index (χ3v) is 4.39. The summed E-state index contributed by atoms with van der Waals surface area (Å²) >= 11 is 0. The van der Waals surface area contributed by atoms with Crippen molar-refractivity contribution in [2.24, 2.45) is 0 Å². The van der Waals surface area contributed by atoms with Gasteiger partial charge in [-0.05, 0) is 30.7 Å². The highest BCUT2D eigenvalue weighted by Gasteiger charge is 2.21. The highest BCUT2D eigenvalue weighted by molar-refractivity contribution is 5.79. The van der Waals surface area contributed by atoms with Gasteiger partial charge in [0.15, 0.2) is 0 Å². The number of fused-ring (bicyclic) bond motifs is 1. The minimum Gasteiger partial charge on any atom is -0.374 e. The molecule has 1 atom stereocenters. The molecule has 124 valence electrons. The van der Waals surface area contributed by atoms with E-state index in [1.54, 1.807) is 6.20 Å². The molecule has 3 heterocycles. The van der Waals surface area contributed by atoms with E-state index in [0.29, 0.717) is 0 Å². The van der Waals surface area contributed by atoms with Crippen molar-refractivity contribution in [3.63, 3.8) is 0 Å². The molecule has 0 N–H and O–H groups in total. The lowest BCUT2D eigenvalue weighted by molar-refractivity contribution is -0.0404. The molecule has 3 aromatic rings. The Morgan fingerprint density at radius 2 is 2.25 bits per heavy atom. The number of hydrogen-bond donors (Lipinski definition) is 0. The van der Waals surface area contributed by atoms with Crippen molar-refractivity contribution < 1.29 is 4.74 Å². The van der Waals surface area contributed by atoms with Crippen LogP contribution in [-0.4, -0.2) is 50.7 Å². The summed E-state index contributed by atoms with van der Waals surface area (Å²) in [6.45, 7) is 6.34. The van der Waals surface area contributed by atoms with Crippen LogP contribution < -0.4 is 0 Å². The van der Waals surface area contributed by atoms with Gasteiger partial charge in [0.05, 0.1) is 31.0 Å². The third-order valence-electron chi connectivity index (χ3n) is 4.39. The van der Waals surface area contributed by atoms with Crippen LogP contribution in [0.1, 0.15) is 11.1 Å². The Balaban J connectivity index is 1.44. The number of nitrogens with zero attached hydrogens (tertiary/aromatic N) is 5. The molecule has 1 aliphatic rings. The summed E-state index contributed by atoms with van der Waals surface area (Å²) in [4.78, 5) is 7.01. The molecule has 6 nitrogen and oxygen atoms in total. The zero-order valence-corrected chi connectivity index (χ0v) is 13.8. The first-order valence-corrected chi connectivity index (χ1v) is 8.29. The summed E-state index contributed by atoms with van der Waals surface area (Å²) in [6, 6.07) is 8.62. The van der Waals surface area contributed by atoms with Gasteiger partial charge in [-0.3, -0.25) is 9.88 Å². The highest BCUT2D eigenvalue weighted by atomic mass is 16.5. The molecule has 1 aromatic carbocycles. The predicted octanol–water partition coefficient (Wildman–Crippen LogP) is 2.04. The molecule has 1 unspecified atom stereocenters. The van der Waals surface area contributed by atoms with E-state index in [9.17, 15) is 0 Å². The van der Waals surface area contributed by atoms with E-state index in [1.165, 1.54) is 16.5 Å². The van der Waals surface area contributed by atoms with Gasteiger partial charge in [0.25, 0.3) is 0 Å². The van der Waals surface area contributed by atoms with E-state index in [2.05, 4.69) is 51.4 Å². The molecule has 1 fully saturated rings. The first-order chi connectivity index (χ1) is 11.8. The number of aryl methyl sites for hydroxylation is 1. The van der Waals surface area contributed by atoms with E-state index < -0.39 is 0 Å². The second-order valence-corrected chi connectivity index (χ2v) is 6.39. The molecular weight excluding hydrogens is 302 g/mol. The summed E-state index contributed by atoms with van der Waals surface area (Å²) < 4.78 is 7.69. The van der Waals surface area contributed by atoms with Gasteiger partial charge in [0.2, 0.25) is 0 Å². The van der Waals surface area contributed by atoms with Crippen molar-refractivity contribution in [3.8, 4) is 0 Å². The van der Waals surface area contributed by atoms with Gasteiger partial charge >= 0.3 is 0 Å². The summed E-state index contributed by atoms with van der Waals surface area (Å²) in [5, 5.41) is 9.07. The number of benzene rings is 1. The van der Waals surface area contributed by atoms with Crippen LogP contribution in [0.25, 0.3) is 10.9 Å². The largest absolute Gasteiger partial charge is 0.374 e. The normalized spacial score (nSPS) is 19.0. The highest BCUT2D eigenvalue weighted by Crippen LogP contribution is 2.17. The van der Waals surface area contributed by atoms with Gasteiger partial charge in [-0.15, -0.1) is 5.10 Å². The van der Waals surface area contributed by atoms with Crippen molar-refractivity contribution in [1.82, 2.24) is 24.9 Å². The quantitative estimate of drug-likeness (QED) is 0.735. The van der Waals surface area contributed by atoms with Gasteiger partial charge in [-0.25, -0.2) is 4.68 Å². The van der Waals surface area contributed by atoms with Gasteiger partial charge in [-0.1, -0.05) is 16.8 Å². The third kappa shape index (κ3) is 3.44. The van der Waals surface area contributed by atoms with E-state index in [0.717, 1.165) is 38.3 Å². The van der Waals surface area contributed by atoms with Crippen LogP contribution in [0.4, 0.5) is 0 Å². The van der Waals surface area contributed by atoms with Gasteiger partial charge in [-0.2, -0.15) is 0 Å². The molecule has 24 heavy (non-hydrogen) atoms. The molecule has 0 radical (unpaired) electrons. The first kappa shape index (κ1) is 15.2. The number of hydrogen-bond acceptors (Lipinski definition) is 5. The fraction of sp³-hybridized carbons (Fsp3) is 0.389. The van der Waals surface area contributed by atoms with E-state index in [1.807, 2.05) is 17.1 Å². The fourth-order valence-electron chi connectivity index (χ4n) is 3.21. The second kappa shape index (κ2) is 6.67. The van der Waals surface area contributed by atoms with Crippen molar-refractivity contribution in [2.75, 3.05) is 19.7 Å². The number of rotatable bonds is 4. The average molecular weight is 323 g/mol. The van der Waals surface area contributed by atoms with E-state index in [4.69, 9.17) is 4.74 Å². The first-order valence-electron chi connectivity index (χ1n) is 8.29. The SMILES string of the molecule is Cc1ccc2ncc(CN3CCOC(Cn4ccnn4)C3)cc2c1. The van der Waals surface area contributed by atoms with Crippen LogP contribution in [0.5, 0.6) is 0 Å². The van der Waals surface area contributed by atoms with Gasteiger partial charge in [0, 0.05) is 37.4 Å². The monoisotopic (exact) mass is 323 g/mol. The predicted molar refractivity (Wildman–Crippen MR) is 91.5 cm³/mol.